The number of likely N-dealkylation sites (tertiary alicyclic amines) is 1. The van der Waals surface area contributed by atoms with Crippen molar-refractivity contribution >= 4 is 17.5 Å². The molecular formula is C43H52N2O4. The maximum Gasteiger partial charge on any atom is 0.251 e. The smallest absolute Gasteiger partial charge is 0.251 e. The highest BCUT2D eigenvalue weighted by molar-refractivity contribution is 6.09. The molecule has 0 radical (unpaired) electrons. The van der Waals surface area contributed by atoms with Crippen molar-refractivity contribution in [2.75, 3.05) is 19.6 Å². The molecule has 2 aliphatic heterocycles. The number of ketones is 2. The Balaban J connectivity index is 0.946. The number of amides is 1. The van der Waals surface area contributed by atoms with Gasteiger partial charge in [0, 0.05) is 61.1 Å². The summed E-state index contributed by atoms with van der Waals surface area (Å²) in [4.78, 5) is 40.9. The summed E-state index contributed by atoms with van der Waals surface area (Å²) in [5, 5.41) is 3.16. The largest absolute Gasteiger partial charge is 0.365 e. The van der Waals surface area contributed by atoms with Gasteiger partial charge in [-0.1, -0.05) is 80.5 Å². The van der Waals surface area contributed by atoms with Crippen molar-refractivity contribution in [3.63, 3.8) is 0 Å². The number of nitrogens with one attached hydrogen (secondary N) is 1. The Morgan fingerprint density at radius 2 is 1.73 bits per heavy atom. The Labute approximate surface area is 291 Å². The molecule has 6 aliphatic rings. The molecule has 9 atom stereocenters. The predicted octanol–water partition coefficient (Wildman–Crippen LogP) is 7.58. The van der Waals surface area contributed by atoms with Gasteiger partial charge in [0.25, 0.3) is 5.91 Å². The highest BCUT2D eigenvalue weighted by Gasteiger charge is 2.61. The Kier molecular flexibility index (Phi) is 8.34. The van der Waals surface area contributed by atoms with Crippen molar-refractivity contribution in [2.45, 2.75) is 96.8 Å². The molecule has 2 aromatic rings. The Bertz CT molecular complexity index is 1710. The van der Waals surface area contributed by atoms with Crippen LogP contribution in [-0.2, 0) is 9.53 Å². The van der Waals surface area contributed by atoms with E-state index in [9.17, 15) is 14.4 Å². The van der Waals surface area contributed by atoms with E-state index in [0.29, 0.717) is 71.1 Å². The van der Waals surface area contributed by atoms with E-state index in [1.165, 1.54) is 24.0 Å². The van der Waals surface area contributed by atoms with Crippen molar-refractivity contribution in [1.29, 1.82) is 0 Å². The van der Waals surface area contributed by atoms with Crippen molar-refractivity contribution in [1.82, 2.24) is 10.2 Å². The zero-order valence-electron chi connectivity index (χ0n) is 29.7. The molecule has 0 unspecified atom stereocenters. The second kappa shape index (κ2) is 12.5. The second-order valence-corrected chi connectivity index (χ2v) is 16.6. The van der Waals surface area contributed by atoms with Gasteiger partial charge in [0.15, 0.2) is 5.78 Å². The minimum Gasteiger partial charge on any atom is -0.365 e. The molecule has 1 N–H and O–H groups in total. The highest BCUT2D eigenvalue weighted by atomic mass is 16.5. The minimum absolute atomic E-state index is 0.0417. The quantitative estimate of drug-likeness (QED) is 0.255. The van der Waals surface area contributed by atoms with Gasteiger partial charge < -0.3 is 10.1 Å². The predicted molar refractivity (Wildman–Crippen MR) is 191 cm³/mol. The molecule has 6 heteroatoms. The van der Waals surface area contributed by atoms with Gasteiger partial charge >= 0.3 is 0 Å². The maximum atomic E-state index is 13.2. The molecule has 49 heavy (non-hydrogen) atoms. The molecule has 2 aromatic carbocycles. The fourth-order valence-corrected chi connectivity index (χ4v) is 11.5. The van der Waals surface area contributed by atoms with Gasteiger partial charge in [-0.15, -0.1) is 0 Å². The van der Waals surface area contributed by atoms with Crippen LogP contribution in [0, 0.1) is 35.0 Å². The van der Waals surface area contributed by atoms with E-state index in [2.05, 4.69) is 44.0 Å². The van der Waals surface area contributed by atoms with Crippen LogP contribution in [0.1, 0.15) is 105 Å². The molecule has 1 spiro atoms. The van der Waals surface area contributed by atoms with Gasteiger partial charge in [-0.25, -0.2) is 0 Å². The molecule has 258 valence electrons. The second-order valence-electron chi connectivity index (χ2n) is 16.6. The monoisotopic (exact) mass is 660 g/mol. The van der Waals surface area contributed by atoms with E-state index in [0.717, 1.165) is 45.2 Å². The first-order valence-corrected chi connectivity index (χ1v) is 18.9. The third-order valence-corrected chi connectivity index (χ3v) is 14.1. The Morgan fingerprint density at radius 3 is 2.51 bits per heavy atom. The number of benzene rings is 2. The summed E-state index contributed by atoms with van der Waals surface area (Å²) in [7, 11) is 0. The van der Waals surface area contributed by atoms with E-state index in [1.807, 2.05) is 30.3 Å². The molecule has 0 aromatic heterocycles. The van der Waals surface area contributed by atoms with Crippen molar-refractivity contribution in [3.05, 3.63) is 94.1 Å². The van der Waals surface area contributed by atoms with Gasteiger partial charge in [0.05, 0.1) is 11.7 Å². The summed E-state index contributed by atoms with van der Waals surface area (Å²) < 4.78 is 7.31. The normalized spacial score (nSPS) is 36.9. The molecule has 2 saturated heterocycles. The Morgan fingerprint density at radius 1 is 1.00 bits per heavy atom. The van der Waals surface area contributed by atoms with Crippen LogP contribution in [0.25, 0.3) is 0 Å². The third kappa shape index (κ3) is 5.40. The number of Topliss-reactive ketones (excluding diaryl/α,β-unsaturated/α-hetero) is 1. The third-order valence-electron chi connectivity index (χ3n) is 14.1. The number of fused-ring (bicyclic) bond motifs is 6. The SMILES string of the molecule is CC1=C2C[C@H]3[C@@H](CC=C4CC(=O)CC[C@@]43C)[C@@H]2CC[C@]12O[C@@H]1C[C@H](C)CN(CCNC(=O)c3ccc(C(=O)c4ccccc4)cc3)[C@H]1[C@H]2C. The van der Waals surface area contributed by atoms with Gasteiger partial charge in [0.2, 0.25) is 0 Å². The summed E-state index contributed by atoms with van der Waals surface area (Å²) in [5.74, 6) is 3.18. The number of carbonyl (C=O) groups excluding carboxylic acids is 3. The van der Waals surface area contributed by atoms with Crippen LogP contribution >= 0.6 is 0 Å². The number of carbonyl (C=O) groups is 3. The van der Waals surface area contributed by atoms with E-state index in [1.54, 1.807) is 29.8 Å². The lowest BCUT2D eigenvalue weighted by atomic mass is 9.57. The number of hydrogen-bond acceptors (Lipinski definition) is 5. The lowest BCUT2D eigenvalue weighted by molar-refractivity contribution is -0.121. The maximum absolute atomic E-state index is 13.2. The number of nitrogens with zero attached hydrogens (tertiary/aromatic N) is 1. The average Bonchev–Trinajstić information content (AvgIpc) is 3.63. The van der Waals surface area contributed by atoms with Gasteiger partial charge in [0.1, 0.15) is 5.78 Å². The lowest BCUT2D eigenvalue weighted by Gasteiger charge is -2.47. The van der Waals surface area contributed by atoms with Crippen LogP contribution in [-0.4, -0.2) is 59.8 Å². The van der Waals surface area contributed by atoms with Crippen LogP contribution in [0.5, 0.6) is 0 Å². The molecule has 0 bridgehead atoms. The van der Waals surface area contributed by atoms with Crippen molar-refractivity contribution in [2.24, 2.45) is 35.0 Å². The molecular weight excluding hydrogens is 608 g/mol. The van der Waals surface area contributed by atoms with E-state index >= 15 is 0 Å². The van der Waals surface area contributed by atoms with Crippen LogP contribution < -0.4 is 5.32 Å². The highest BCUT2D eigenvalue weighted by Crippen LogP contribution is 2.65. The van der Waals surface area contributed by atoms with Crippen LogP contribution in [0.2, 0.25) is 0 Å². The Hall–Kier alpha value is -3.35. The first-order chi connectivity index (χ1) is 23.6. The van der Waals surface area contributed by atoms with Crippen LogP contribution in [0.4, 0.5) is 0 Å². The van der Waals surface area contributed by atoms with Crippen LogP contribution in [0.3, 0.4) is 0 Å². The number of ether oxygens (including phenoxy) is 1. The number of piperidine rings is 1. The summed E-state index contributed by atoms with van der Waals surface area (Å²) in [6, 6.07) is 16.6. The summed E-state index contributed by atoms with van der Waals surface area (Å²) in [5.41, 5.74) is 6.39. The summed E-state index contributed by atoms with van der Waals surface area (Å²) in [6.07, 6.45) is 10.8. The average molecular weight is 661 g/mol. The fraction of sp³-hybridized carbons (Fsp3) is 0.558. The van der Waals surface area contributed by atoms with Crippen LogP contribution in [0.15, 0.2) is 77.4 Å². The number of allylic oxidation sites excluding steroid dienone is 3. The molecule has 8 rings (SSSR count). The van der Waals surface area contributed by atoms with Crippen molar-refractivity contribution < 1.29 is 19.1 Å². The van der Waals surface area contributed by atoms with Crippen molar-refractivity contribution in [3.8, 4) is 0 Å². The molecule has 4 fully saturated rings. The molecule has 4 aliphatic carbocycles. The molecule has 1 amide bonds. The van der Waals surface area contributed by atoms with E-state index < -0.39 is 0 Å². The topological polar surface area (TPSA) is 75.7 Å². The van der Waals surface area contributed by atoms with Gasteiger partial charge in [-0.05, 0) is 92.2 Å². The zero-order valence-corrected chi connectivity index (χ0v) is 29.7. The fourth-order valence-electron chi connectivity index (χ4n) is 11.5. The van der Waals surface area contributed by atoms with Gasteiger partial charge in [-0.2, -0.15) is 0 Å². The molecule has 2 heterocycles. The summed E-state index contributed by atoms with van der Waals surface area (Å²) >= 11 is 0. The number of rotatable bonds is 6. The summed E-state index contributed by atoms with van der Waals surface area (Å²) in [6.45, 7) is 12.0. The lowest BCUT2D eigenvalue weighted by Crippen LogP contribution is -2.54. The number of hydrogen-bond donors (Lipinski definition) is 1. The van der Waals surface area contributed by atoms with E-state index in [-0.39, 0.29) is 28.8 Å². The standard InChI is InChI=1S/C43H52N2O4/c1-26-22-38-39(45(25-26)21-20-44-41(48)31-12-10-30(11-13-31)40(47)29-8-6-5-7-9-29)28(3)43(49-38)19-17-34-35-15-14-32-23-33(46)16-18-42(32,4)37(35)24-36(34)27(43)2/h5-14,26,28,34-35,37-39H,15-25H2,1-4H3,(H,44,48)/t26-,28+,34-,35-,37-,38+,39-,42-,43-/m0/s1. The first-order valence-electron chi connectivity index (χ1n) is 18.9. The molecule has 2 saturated carbocycles. The first kappa shape index (κ1) is 32.8. The zero-order chi connectivity index (χ0) is 34.1. The minimum atomic E-state index is -0.209. The molecule has 6 nitrogen and oxygen atoms in total. The van der Waals surface area contributed by atoms with E-state index in [4.69, 9.17) is 4.74 Å². The van der Waals surface area contributed by atoms with Gasteiger partial charge in [-0.3, -0.25) is 19.3 Å².